The van der Waals surface area contributed by atoms with E-state index in [0.717, 1.165) is 17.8 Å². The maximum atomic E-state index is 12.7. The van der Waals surface area contributed by atoms with Crippen molar-refractivity contribution in [3.63, 3.8) is 0 Å². The summed E-state index contributed by atoms with van der Waals surface area (Å²) in [6, 6.07) is 3.68. The molecule has 0 aliphatic heterocycles. The molecule has 0 saturated heterocycles. The van der Waals surface area contributed by atoms with Gasteiger partial charge in [-0.1, -0.05) is 32.9 Å². The van der Waals surface area contributed by atoms with E-state index in [9.17, 15) is 4.79 Å². The number of nitrogens with zero attached hydrogens (tertiary/aromatic N) is 4. The van der Waals surface area contributed by atoms with Gasteiger partial charge in [0.15, 0.2) is 5.76 Å². The average Bonchev–Trinajstić information content (AvgIpc) is 2.93. The number of rotatable bonds is 6. The van der Waals surface area contributed by atoms with Gasteiger partial charge in [-0.25, -0.2) is 9.97 Å². The van der Waals surface area contributed by atoms with Crippen LogP contribution < -0.4 is 0 Å². The van der Waals surface area contributed by atoms with Crippen molar-refractivity contribution in [3.8, 4) is 0 Å². The van der Waals surface area contributed by atoms with E-state index in [1.807, 2.05) is 13.0 Å². The number of aromatic nitrogens is 3. The lowest BCUT2D eigenvalue weighted by Crippen LogP contribution is -2.27. The smallest absolute Gasteiger partial charge is 0.272 e. The molecule has 0 N–H and O–H groups in total. The molecule has 0 saturated carbocycles. The van der Waals surface area contributed by atoms with E-state index < -0.39 is 0 Å². The van der Waals surface area contributed by atoms with E-state index in [1.165, 1.54) is 0 Å². The van der Waals surface area contributed by atoms with Gasteiger partial charge in [-0.15, -0.1) is 0 Å². The highest BCUT2D eigenvalue weighted by Gasteiger charge is 2.18. The third kappa shape index (κ3) is 4.63. The fourth-order valence-electron chi connectivity index (χ4n) is 2.44. The van der Waals surface area contributed by atoms with Gasteiger partial charge in [-0.3, -0.25) is 4.79 Å². The Hall–Kier alpha value is -2.24. The minimum absolute atomic E-state index is 0.145. The van der Waals surface area contributed by atoms with E-state index in [2.05, 4.69) is 42.8 Å². The zero-order valence-corrected chi connectivity index (χ0v) is 15.3. The Morgan fingerprint density at radius 2 is 1.92 bits per heavy atom. The molecular weight excluding hydrogens is 304 g/mol. The van der Waals surface area contributed by atoms with Gasteiger partial charge in [0.05, 0.1) is 12.2 Å². The highest BCUT2D eigenvalue weighted by molar-refractivity contribution is 5.92. The predicted octanol–water partition coefficient (Wildman–Crippen LogP) is 3.37. The highest BCUT2D eigenvalue weighted by atomic mass is 16.5. The predicted molar refractivity (Wildman–Crippen MR) is 91.7 cm³/mol. The second-order valence-electron chi connectivity index (χ2n) is 6.92. The first kappa shape index (κ1) is 18.1. The van der Waals surface area contributed by atoms with Crippen molar-refractivity contribution in [2.45, 2.75) is 53.5 Å². The van der Waals surface area contributed by atoms with E-state index in [1.54, 1.807) is 18.0 Å². The Bertz CT molecular complexity index is 707. The summed E-state index contributed by atoms with van der Waals surface area (Å²) in [7, 11) is 1.74. The molecule has 0 aliphatic carbocycles. The third-order valence-electron chi connectivity index (χ3n) is 3.64. The van der Waals surface area contributed by atoms with Crippen LogP contribution in [-0.4, -0.2) is 33.0 Å². The van der Waals surface area contributed by atoms with Crippen molar-refractivity contribution in [1.29, 1.82) is 0 Å². The van der Waals surface area contributed by atoms with Crippen molar-refractivity contribution in [3.05, 3.63) is 40.8 Å². The lowest BCUT2D eigenvalue weighted by atomic mass is 10.1. The average molecular weight is 330 g/mol. The Labute approximate surface area is 143 Å². The van der Waals surface area contributed by atoms with Gasteiger partial charge in [0.25, 0.3) is 5.91 Å². The maximum Gasteiger partial charge on any atom is 0.272 e. The first-order valence-corrected chi connectivity index (χ1v) is 8.31. The van der Waals surface area contributed by atoms with Crippen LogP contribution in [0.5, 0.6) is 0 Å². The highest BCUT2D eigenvalue weighted by Crippen LogP contribution is 2.16. The summed E-state index contributed by atoms with van der Waals surface area (Å²) < 4.78 is 5.31. The molecule has 0 aromatic carbocycles. The Morgan fingerprint density at radius 1 is 1.21 bits per heavy atom. The quantitative estimate of drug-likeness (QED) is 0.812. The van der Waals surface area contributed by atoms with Crippen molar-refractivity contribution in [2.24, 2.45) is 5.92 Å². The van der Waals surface area contributed by atoms with Gasteiger partial charge in [0.2, 0.25) is 0 Å². The van der Waals surface area contributed by atoms with Crippen LogP contribution in [0.15, 0.2) is 16.7 Å². The van der Waals surface area contributed by atoms with E-state index in [4.69, 9.17) is 4.52 Å². The molecule has 0 aliphatic rings. The third-order valence-corrected chi connectivity index (χ3v) is 3.64. The summed E-state index contributed by atoms with van der Waals surface area (Å²) in [5.74, 6) is 1.91. The zero-order chi connectivity index (χ0) is 17.9. The fraction of sp³-hybridized carbons (Fsp3) is 0.556. The molecule has 24 heavy (non-hydrogen) atoms. The molecule has 0 unspecified atom stereocenters. The number of hydrogen-bond donors (Lipinski definition) is 0. The maximum absolute atomic E-state index is 12.7. The van der Waals surface area contributed by atoms with Crippen LogP contribution in [0.4, 0.5) is 0 Å². The Morgan fingerprint density at radius 3 is 2.50 bits per heavy atom. The molecule has 0 fully saturated rings. The van der Waals surface area contributed by atoms with E-state index >= 15 is 0 Å². The molecule has 0 bridgehead atoms. The van der Waals surface area contributed by atoms with Crippen LogP contribution in [-0.2, 0) is 13.0 Å². The lowest BCUT2D eigenvalue weighted by Gasteiger charge is -2.15. The normalized spacial score (nSPS) is 11.3. The van der Waals surface area contributed by atoms with E-state index in [-0.39, 0.29) is 5.91 Å². The molecule has 1 amide bonds. The van der Waals surface area contributed by atoms with Crippen LogP contribution in [0, 0.1) is 12.8 Å². The number of aryl methyl sites for hydroxylation is 1. The molecule has 2 rings (SSSR count). The molecule has 2 aromatic rings. The van der Waals surface area contributed by atoms with Gasteiger partial charge in [0.1, 0.15) is 11.5 Å². The second kappa shape index (κ2) is 7.55. The number of hydrogen-bond acceptors (Lipinski definition) is 5. The van der Waals surface area contributed by atoms with E-state index in [0.29, 0.717) is 35.7 Å². The Balaban J connectivity index is 2.13. The second-order valence-corrected chi connectivity index (χ2v) is 6.92. The lowest BCUT2D eigenvalue weighted by molar-refractivity contribution is 0.0765. The van der Waals surface area contributed by atoms with Crippen molar-refractivity contribution in [1.82, 2.24) is 20.0 Å². The molecule has 0 radical (unpaired) electrons. The minimum atomic E-state index is -0.145. The number of carbonyl (C=O) groups is 1. The van der Waals surface area contributed by atoms with Crippen molar-refractivity contribution >= 4 is 5.91 Å². The molecule has 0 atom stereocenters. The summed E-state index contributed by atoms with van der Waals surface area (Å²) in [5, 5.41) is 4.02. The fourth-order valence-corrected chi connectivity index (χ4v) is 2.44. The first-order valence-electron chi connectivity index (χ1n) is 8.31. The molecular formula is C18H26N4O2. The monoisotopic (exact) mass is 330 g/mol. The number of carbonyl (C=O) groups excluding carboxylic acids is 1. The van der Waals surface area contributed by atoms with Crippen molar-refractivity contribution in [2.75, 3.05) is 7.05 Å². The van der Waals surface area contributed by atoms with Gasteiger partial charge < -0.3 is 9.42 Å². The molecule has 2 aromatic heterocycles. The number of amides is 1. The summed E-state index contributed by atoms with van der Waals surface area (Å²) in [6.07, 6.45) is 0.827. The Kier molecular flexibility index (Phi) is 5.70. The van der Waals surface area contributed by atoms with Crippen molar-refractivity contribution < 1.29 is 9.32 Å². The SMILES string of the molecule is Cc1nc(CC(C)C)cc(C(=O)N(C)Cc2cc(C(C)C)no2)n1. The van der Waals surface area contributed by atoms with Crippen LogP contribution in [0.1, 0.15) is 67.1 Å². The summed E-state index contributed by atoms with van der Waals surface area (Å²) in [5.41, 5.74) is 2.21. The van der Waals surface area contributed by atoms with Gasteiger partial charge >= 0.3 is 0 Å². The summed E-state index contributed by atoms with van der Waals surface area (Å²) >= 11 is 0. The van der Waals surface area contributed by atoms with Gasteiger partial charge in [-0.2, -0.15) is 0 Å². The van der Waals surface area contributed by atoms with Crippen LogP contribution in [0.2, 0.25) is 0 Å². The van der Waals surface area contributed by atoms with Crippen LogP contribution in [0.3, 0.4) is 0 Å². The van der Waals surface area contributed by atoms with Gasteiger partial charge in [0, 0.05) is 18.8 Å². The minimum Gasteiger partial charge on any atom is -0.359 e. The zero-order valence-electron chi connectivity index (χ0n) is 15.3. The molecule has 130 valence electrons. The summed E-state index contributed by atoms with van der Waals surface area (Å²) in [6.45, 7) is 10.5. The first-order chi connectivity index (χ1) is 11.3. The summed E-state index contributed by atoms with van der Waals surface area (Å²) in [4.78, 5) is 22.9. The topological polar surface area (TPSA) is 72.1 Å². The molecule has 0 spiro atoms. The molecule has 2 heterocycles. The van der Waals surface area contributed by atoms with Crippen LogP contribution >= 0.6 is 0 Å². The standard InChI is InChI=1S/C18H26N4O2/c1-11(2)7-14-8-17(20-13(5)19-14)18(23)22(6)10-15-9-16(12(3)4)21-24-15/h8-9,11-12H,7,10H2,1-6H3. The van der Waals surface area contributed by atoms with Crippen LogP contribution in [0.25, 0.3) is 0 Å². The molecule has 6 heteroatoms. The largest absolute Gasteiger partial charge is 0.359 e. The van der Waals surface area contributed by atoms with Gasteiger partial charge in [-0.05, 0) is 31.2 Å². The molecule has 6 nitrogen and oxygen atoms in total.